The van der Waals surface area contributed by atoms with E-state index < -0.39 is 18.1 Å². The number of rotatable bonds is 8. The predicted octanol–water partition coefficient (Wildman–Crippen LogP) is 4.95. The van der Waals surface area contributed by atoms with Crippen molar-refractivity contribution in [2.24, 2.45) is 0 Å². The molecule has 7 rings (SSSR count). The van der Waals surface area contributed by atoms with Gasteiger partial charge in [0.15, 0.2) is 29.0 Å². The van der Waals surface area contributed by atoms with E-state index in [0.29, 0.717) is 24.9 Å². The molecule has 1 saturated carbocycles. The van der Waals surface area contributed by atoms with Crippen molar-refractivity contribution in [2.45, 2.75) is 75.6 Å². The number of anilines is 1. The summed E-state index contributed by atoms with van der Waals surface area (Å²) in [5.41, 5.74) is 2.60. The monoisotopic (exact) mass is 527 g/mol. The Hall–Kier alpha value is -3.37. The number of fused-ring (bicyclic) bond motifs is 2. The first-order valence-corrected chi connectivity index (χ1v) is 13.8. The summed E-state index contributed by atoms with van der Waals surface area (Å²) in [5.74, 6) is 0.761. The van der Waals surface area contributed by atoms with E-state index in [-0.39, 0.29) is 12.2 Å². The number of aromatic nitrogens is 4. The molecule has 0 radical (unpaired) electrons. The fourth-order valence-electron chi connectivity index (χ4n) is 6.10. The molecule has 9 nitrogen and oxygen atoms in total. The second kappa shape index (κ2) is 10.3. The predicted molar refractivity (Wildman–Crippen MR) is 145 cm³/mol. The van der Waals surface area contributed by atoms with Crippen molar-refractivity contribution in [2.75, 3.05) is 11.9 Å². The number of nitrogens with one attached hydrogen (secondary N) is 1. The number of benzene rings is 2. The molecule has 3 aliphatic rings. The molecule has 1 unspecified atom stereocenters. The first kappa shape index (κ1) is 24.7. The van der Waals surface area contributed by atoms with Crippen LogP contribution in [-0.2, 0) is 31.3 Å². The van der Waals surface area contributed by atoms with Gasteiger partial charge in [-0.1, -0.05) is 73.5 Å². The molecule has 4 aromatic rings. The van der Waals surface area contributed by atoms with Crippen molar-refractivity contribution in [3.63, 3.8) is 0 Å². The second-order valence-corrected chi connectivity index (χ2v) is 10.7. The smallest absolute Gasteiger partial charge is 0.185 e. The van der Waals surface area contributed by atoms with Crippen LogP contribution in [-0.4, -0.2) is 50.5 Å². The Balaban J connectivity index is 1.18. The molecule has 0 bridgehead atoms. The lowest BCUT2D eigenvalue weighted by molar-refractivity contribution is -0.198. The molecule has 2 aromatic heterocycles. The number of nitrogens with zero attached hydrogens (tertiary/aromatic N) is 4. The molecule has 39 heavy (non-hydrogen) atoms. The van der Waals surface area contributed by atoms with Crippen LogP contribution < -0.4 is 5.32 Å². The third kappa shape index (κ3) is 4.59. The number of ether oxygens (including phenoxy) is 4. The molecule has 3 fully saturated rings. The minimum Gasteiger partial charge on any atom is -0.374 e. The Morgan fingerprint density at radius 2 is 1.74 bits per heavy atom. The average Bonchev–Trinajstić information content (AvgIpc) is 3.77. The van der Waals surface area contributed by atoms with Gasteiger partial charge in [0, 0.05) is 11.6 Å². The lowest BCUT2D eigenvalue weighted by Crippen LogP contribution is -2.42. The maximum Gasteiger partial charge on any atom is 0.185 e. The van der Waals surface area contributed by atoms with E-state index >= 15 is 0 Å². The van der Waals surface area contributed by atoms with Gasteiger partial charge in [0.2, 0.25) is 0 Å². The quantitative estimate of drug-likeness (QED) is 0.344. The number of hydrogen-bond acceptors (Lipinski definition) is 8. The van der Waals surface area contributed by atoms with Gasteiger partial charge >= 0.3 is 0 Å². The molecule has 0 spiro atoms. The van der Waals surface area contributed by atoms with Crippen LogP contribution in [0.4, 0.5) is 5.82 Å². The average molecular weight is 528 g/mol. The summed E-state index contributed by atoms with van der Waals surface area (Å²) in [6.45, 7) is 2.88. The molecule has 1 aliphatic carbocycles. The highest BCUT2D eigenvalue weighted by atomic mass is 16.8. The lowest BCUT2D eigenvalue weighted by atomic mass is 10.0. The molecular weight excluding hydrogens is 494 g/mol. The van der Waals surface area contributed by atoms with E-state index in [4.69, 9.17) is 23.9 Å². The zero-order valence-electron chi connectivity index (χ0n) is 22.0. The van der Waals surface area contributed by atoms with Crippen LogP contribution in [0, 0.1) is 0 Å². The zero-order valence-corrected chi connectivity index (χ0v) is 22.0. The summed E-state index contributed by atoms with van der Waals surface area (Å²) in [7, 11) is 0. The molecule has 202 valence electrons. The largest absolute Gasteiger partial charge is 0.374 e. The van der Waals surface area contributed by atoms with E-state index in [1.54, 1.807) is 12.7 Å². The van der Waals surface area contributed by atoms with Gasteiger partial charge in [0.25, 0.3) is 0 Å². The fourth-order valence-corrected chi connectivity index (χ4v) is 6.10. The third-order valence-corrected chi connectivity index (χ3v) is 8.11. The second-order valence-electron chi connectivity index (χ2n) is 10.7. The molecule has 9 heteroatoms. The minimum atomic E-state index is -0.914. The van der Waals surface area contributed by atoms with Crippen LogP contribution in [0.5, 0.6) is 0 Å². The fraction of sp³-hybridized carbons (Fsp3) is 0.433. The Morgan fingerprint density at radius 1 is 0.974 bits per heavy atom. The molecular formula is C30H33N5O4. The molecule has 0 amide bonds. The first-order chi connectivity index (χ1) is 19.2. The van der Waals surface area contributed by atoms with E-state index in [1.807, 2.05) is 60.0 Å². The van der Waals surface area contributed by atoms with Crippen molar-refractivity contribution in [3.8, 4) is 0 Å². The van der Waals surface area contributed by atoms with Crippen LogP contribution in [0.15, 0.2) is 73.3 Å². The Bertz CT molecular complexity index is 1410. The highest BCUT2D eigenvalue weighted by Crippen LogP contribution is 2.48. The summed E-state index contributed by atoms with van der Waals surface area (Å²) >= 11 is 0. The topological polar surface area (TPSA) is 92.6 Å². The molecule has 2 saturated heterocycles. The van der Waals surface area contributed by atoms with E-state index in [1.165, 1.54) is 12.8 Å². The SMILES string of the molecule is C[C@]1(n2cnc3c(NC4CCCC4)ncnc32)O[C@H](COCc2ccccc2)[C@H]2OC(c3ccccc3)O[C@H]21. The summed E-state index contributed by atoms with van der Waals surface area (Å²) in [4.78, 5) is 13.9. The van der Waals surface area contributed by atoms with Crippen LogP contribution in [0.25, 0.3) is 11.2 Å². The molecule has 4 heterocycles. The van der Waals surface area contributed by atoms with Gasteiger partial charge in [-0.2, -0.15) is 0 Å². The first-order valence-electron chi connectivity index (χ1n) is 13.8. The van der Waals surface area contributed by atoms with E-state index in [0.717, 1.165) is 35.3 Å². The Kier molecular flexibility index (Phi) is 6.52. The Labute approximate surface area is 227 Å². The van der Waals surface area contributed by atoms with Gasteiger partial charge in [-0.25, -0.2) is 15.0 Å². The highest BCUT2D eigenvalue weighted by molar-refractivity contribution is 5.83. The van der Waals surface area contributed by atoms with Gasteiger partial charge in [0.05, 0.1) is 19.5 Å². The van der Waals surface area contributed by atoms with E-state index in [2.05, 4.69) is 27.4 Å². The van der Waals surface area contributed by atoms with Crippen LogP contribution in [0.1, 0.15) is 50.0 Å². The third-order valence-electron chi connectivity index (χ3n) is 8.11. The summed E-state index contributed by atoms with van der Waals surface area (Å²) in [6.07, 6.45) is 6.58. The maximum atomic E-state index is 6.73. The van der Waals surface area contributed by atoms with Crippen LogP contribution in [0.2, 0.25) is 0 Å². The summed E-state index contributed by atoms with van der Waals surface area (Å²) in [6, 6.07) is 20.6. The van der Waals surface area contributed by atoms with Crippen LogP contribution >= 0.6 is 0 Å². The van der Waals surface area contributed by atoms with Crippen molar-refractivity contribution in [3.05, 3.63) is 84.4 Å². The van der Waals surface area contributed by atoms with Gasteiger partial charge in [-0.15, -0.1) is 0 Å². The zero-order chi connectivity index (χ0) is 26.2. The minimum absolute atomic E-state index is 0.327. The molecule has 2 aliphatic heterocycles. The maximum absolute atomic E-state index is 6.73. The lowest BCUT2D eigenvalue weighted by Gasteiger charge is -2.31. The van der Waals surface area contributed by atoms with Gasteiger partial charge in [0.1, 0.15) is 24.6 Å². The van der Waals surface area contributed by atoms with Crippen LogP contribution in [0.3, 0.4) is 0 Å². The van der Waals surface area contributed by atoms with Crippen molar-refractivity contribution < 1.29 is 18.9 Å². The Morgan fingerprint density at radius 3 is 2.54 bits per heavy atom. The van der Waals surface area contributed by atoms with Crippen molar-refractivity contribution >= 4 is 17.0 Å². The molecule has 5 atom stereocenters. The van der Waals surface area contributed by atoms with E-state index in [9.17, 15) is 0 Å². The number of imidazole rings is 1. The van der Waals surface area contributed by atoms with Gasteiger partial charge in [-0.05, 0) is 25.3 Å². The van der Waals surface area contributed by atoms with Gasteiger partial charge < -0.3 is 24.3 Å². The summed E-state index contributed by atoms with van der Waals surface area (Å²) < 4.78 is 27.9. The standard InChI is InChI=1S/C30H33N5O4/c1-30(35-19-33-24-27(31-18-32-28(24)35)34-22-14-8-9-15-22)26-25(37-29(38-26)21-12-6-3-7-13-21)23(39-30)17-36-16-20-10-4-2-5-11-20/h2-7,10-13,18-19,22-23,25-26,29H,8-9,14-17H2,1H3,(H,31,32,34)/t23-,25-,26-,29?,30+/m1/s1. The normalized spacial score (nSPS) is 28.7. The van der Waals surface area contributed by atoms with Crippen molar-refractivity contribution in [1.82, 2.24) is 19.5 Å². The molecule has 1 N–H and O–H groups in total. The van der Waals surface area contributed by atoms with Crippen molar-refractivity contribution in [1.29, 1.82) is 0 Å². The number of hydrogen-bond donors (Lipinski definition) is 1. The van der Waals surface area contributed by atoms with Gasteiger partial charge in [-0.3, -0.25) is 4.57 Å². The molecule has 2 aromatic carbocycles. The summed E-state index contributed by atoms with van der Waals surface area (Å²) in [5, 5.41) is 3.58. The highest BCUT2D eigenvalue weighted by Gasteiger charge is 2.60.